The molecule has 23 heavy (non-hydrogen) atoms. The lowest BCUT2D eigenvalue weighted by atomic mass is 9.44. The van der Waals surface area contributed by atoms with E-state index in [1.54, 1.807) is 0 Å². The summed E-state index contributed by atoms with van der Waals surface area (Å²) in [6.45, 7) is 11.7. The Morgan fingerprint density at radius 3 is 2.52 bits per heavy atom. The molecule has 0 heterocycles. The van der Waals surface area contributed by atoms with Gasteiger partial charge in [0, 0.05) is 14.3 Å². The van der Waals surface area contributed by atoms with Crippen molar-refractivity contribution in [3.8, 4) is 0 Å². The van der Waals surface area contributed by atoms with Crippen molar-refractivity contribution in [2.24, 2.45) is 40.4 Å². The van der Waals surface area contributed by atoms with Crippen LogP contribution in [0, 0.1) is 40.4 Å². The Balaban J connectivity index is 0.00000169. The van der Waals surface area contributed by atoms with Crippen LogP contribution < -0.4 is 0 Å². The molecule has 130 valence electrons. The van der Waals surface area contributed by atoms with Gasteiger partial charge in [0.1, 0.15) is 5.78 Å². The maximum atomic E-state index is 12.0. The van der Waals surface area contributed by atoms with E-state index in [0.717, 1.165) is 36.5 Å². The molecule has 0 N–H and O–H groups in total. The summed E-state index contributed by atoms with van der Waals surface area (Å²) in [7, 11) is 0. The fourth-order valence-electron chi connectivity index (χ4n) is 7.85. The Hall–Kier alpha value is -0.590. The summed E-state index contributed by atoms with van der Waals surface area (Å²) < 4.78 is 0. The third kappa shape index (κ3) is 2.14. The van der Waals surface area contributed by atoms with Gasteiger partial charge in [-0.3, -0.25) is 4.79 Å². The van der Waals surface area contributed by atoms with E-state index in [1.807, 2.05) is 0 Å². The highest BCUT2D eigenvalue weighted by Crippen LogP contribution is 2.67. The highest BCUT2D eigenvalue weighted by Gasteiger charge is 2.60. The van der Waals surface area contributed by atoms with Crippen LogP contribution in [0.2, 0.25) is 0 Å². The first-order chi connectivity index (χ1) is 10.9. The van der Waals surface area contributed by atoms with Gasteiger partial charge in [-0.25, -0.2) is 0 Å². The smallest absolute Gasteiger partial charge is 0.133 e. The van der Waals surface area contributed by atoms with Crippen LogP contribution in [-0.4, -0.2) is 5.78 Å². The Bertz CT molecular complexity index is 540. The third-order valence-corrected chi connectivity index (χ3v) is 9.08. The van der Waals surface area contributed by atoms with E-state index in [2.05, 4.69) is 27.4 Å². The lowest BCUT2D eigenvalue weighted by Gasteiger charge is -2.60. The number of ketones is 1. The summed E-state index contributed by atoms with van der Waals surface area (Å²) in [5, 5.41) is 0. The maximum absolute atomic E-state index is 12.0. The second-order valence-corrected chi connectivity index (χ2v) is 9.92. The normalized spacial score (nSPS) is 52.5. The van der Waals surface area contributed by atoms with Crippen molar-refractivity contribution >= 4 is 5.78 Å². The molecule has 0 spiro atoms. The molecule has 0 aromatic heterocycles. The molecular weight excluding hydrogens is 280 g/mol. The Morgan fingerprint density at radius 1 is 1.04 bits per heavy atom. The molecular formula is C22H36O. The number of hydrogen-bond acceptors (Lipinski definition) is 1. The van der Waals surface area contributed by atoms with Gasteiger partial charge in [-0.2, -0.15) is 0 Å². The van der Waals surface area contributed by atoms with Gasteiger partial charge in [-0.1, -0.05) is 26.0 Å². The molecule has 4 rings (SSSR count). The SMILES string of the molecule is C=C(C)[C@H]1CCC2[C@@H]3CC[C@H]4CC(=O)CC[C@]4(C)[C@H]3CC[C@@]21C.[HH]. The first-order valence-electron chi connectivity index (χ1n) is 10.0. The van der Waals surface area contributed by atoms with Gasteiger partial charge in [0.2, 0.25) is 0 Å². The van der Waals surface area contributed by atoms with Crippen LogP contribution in [0.1, 0.15) is 80.0 Å². The average molecular weight is 317 g/mol. The first-order valence-corrected chi connectivity index (χ1v) is 10.0. The molecule has 0 radical (unpaired) electrons. The van der Waals surface area contributed by atoms with Gasteiger partial charge in [0.25, 0.3) is 0 Å². The molecule has 0 aromatic rings. The Labute approximate surface area is 143 Å². The molecule has 7 atom stereocenters. The van der Waals surface area contributed by atoms with Gasteiger partial charge in [0.15, 0.2) is 0 Å². The number of carbonyl (C=O) groups is 1. The molecule has 1 unspecified atom stereocenters. The quantitative estimate of drug-likeness (QED) is 0.539. The summed E-state index contributed by atoms with van der Waals surface area (Å²) in [5.41, 5.74) is 2.40. The van der Waals surface area contributed by atoms with Gasteiger partial charge in [0.05, 0.1) is 0 Å². The summed E-state index contributed by atoms with van der Waals surface area (Å²) >= 11 is 0. The fourth-order valence-corrected chi connectivity index (χ4v) is 7.85. The number of Topliss-reactive ketones (excluding diaryl/α,β-unsaturated/α-hetero) is 1. The minimum Gasteiger partial charge on any atom is -0.300 e. The van der Waals surface area contributed by atoms with E-state index in [9.17, 15) is 4.79 Å². The molecule has 4 aliphatic rings. The average Bonchev–Trinajstić information content (AvgIpc) is 2.85. The van der Waals surface area contributed by atoms with Crippen LogP contribution in [0.4, 0.5) is 0 Å². The van der Waals surface area contributed by atoms with Crippen LogP contribution >= 0.6 is 0 Å². The van der Waals surface area contributed by atoms with Gasteiger partial charge >= 0.3 is 0 Å². The first kappa shape index (κ1) is 15.9. The number of carbonyl (C=O) groups excluding carboxylic acids is 1. The standard InChI is InChI=1S/C22H34O.H2/c1-14(2)18-7-8-19-17-6-5-15-13-16(23)9-11-21(15,3)20(17)10-12-22(18,19)4;/h15,17-20H,1,5-13H2,2-4H3;1H/t15-,17-,18+,19?,20-,21-,22+;/m0./s1. The molecule has 0 aromatic carbocycles. The van der Waals surface area contributed by atoms with Crippen molar-refractivity contribution in [1.29, 1.82) is 0 Å². The Morgan fingerprint density at radius 2 is 1.78 bits per heavy atom. The molecule has 1 heteroatoms. The molecule has 4 saturated carbocycles. The molecule has 0 aliphatic heterocycles. The van der Waals surface area contributed by atoms with Crippen LogP contribution in [0.25, 0.3) is 0 Å². The maximum Gasteiger partial charge on any atom is 0.133 e. The van der Waals surface area contributed by atoms with Crippen molar-refractivity contribution < 1.29 is 6.22 Å². The number of fused-ring (bicyclic) bond motifs is 5. The van der Waals surface area contributed by atoms with Crippen LogP contribution in [0.3, 0.4) is 0 Å². The molecule has 1 nitrogen and oxygen atoms in total. The number of hydrogen-bond donors (Lipinski definition) is 0. The number of rotatable bonds is 1. The minimum absolute atomic E-state index is 0. The second-order valence-electron chi connectivity index (χ2n) is 9.92. The van der Waals surface area contributed by atoms with E-state index in [4.69, 9.17) is 0 Å². The molecule has 4 fully saturated rings. The van der Waals surface area contributed by atoms with E-state index in [-0.39, 0.29) is 1.43 Å². The van der Waals surface area contributed by atoms with E-state index < -0.39 is 0 Å². The summed E-state index contributed by atoms with van der Waals surface area (Å²) in [4.78, 5) is 12.0. The van der Waals surface area contributed by atoms with Crippen LogP contribution in [0.15, 0.2) is 12.2 Å². The monoisotopic (exact) mass is 316 g/mol. The zero-order valence-corrected chi connectivity index (χ0v) is 15.4. The fraction of sp³-hybridized carbons (Fsp3) is 0.864. The second kappa shape index (κ2) is 5.20. The predicted molar refractivity (Wildman–Crippen MR) is 97.2 cm³/mol. The number of allylic oxidation sites excluding steroid dienone is 1. The van der Waals surface area contributed by atoms with E-state index in [0.29, 0.717) is 22.5 Å². The molecule has 0 saturated heterocycles. The molecule has 0 bridgehead atoms. The van der Waals surface area contributed by atoms with E-state index >= 15 is 0 Å². The lowest BCUT2D eigenvalue weighted by molar-refractivity contribution is -0.139. The zero-order chi connectivity index (χ0) is 16.4. The topological polar surface area (TPSA) is 17.1 Å². The molecule has 4 aliphatic carbocycles. The predicted octanol–water partition coefficient (Wildman–Crippen LogP) is 6.04. The summed E-state index contributed by atoms with van der Waals surface area (Å²) in [6, 6.07) is 0. The third-order valence-electron chi connectivity index (χ3n) is 9.08. The Kier molecular flexibility index (Phi) is 3.60. The molecule has 0 amide bonds. The van der Waals surface area contributed by atoms with Crippen LogP contribution in [0.5, 0.6) is 0 Å². The highest BCUT2D eigenvalue weighted by atomic mass is 16.1. The van der Waals surface area contributed by atoms with E-state index in [1.165, 1.54) is 50.5 Å². The zero-order valence-electron chi connectivity index (χ0n) is 15.4. The lowest BCUT2D eigenvalue weighted by Crippen LogP contribution is -2.53. The van der Waals surface area contributed by atoms with Crippen molar-refractivity contribution in [1.82, 2.24) is 0 Å². The van der Waals surface area contributed by atoms with Crippen LogP contribution in [-0.2, 0) is 4.79 Å². The summed E-state index contributed by atoms with van der Waals surface area (Å²) in [5.74, 6) is 4.71. The van der Waals surface area contributed by atoms with Gasteiger partial charge < -0.3 is 0 Å². The van der Waals surface area contributed by atoms with Gasteiger partial charge in [-0.15, -0.1) is 0 Å². The van der Waals surface area contributed by atoms with Crippen molar-refractivity contribution in [2.75, 3.05) is 0 Å². The van der Waals surface area contributed by atoms with Crippen molar-refractivity contribution in [2.45, 2.75) is 78.6 Å². The van der Waals surface area contributed by atoms with Crippen molar-refractivity contribution in [3.05, 3.63) is 12.2 Å². The van der Waals surface area contributed by atoms with Gasteiger partial charge in [-0.05, 0) is 92.3 Å². The largest absolute Gasteiger partial charge is 0.300 e. The summed E-state index contributed by atoms with van der Waals surface area (Å²) in [6.07, 6.45) is 11.2. The minimum atomic E-state index is 0. The van der Waals surface area contributed by atoms with Crippen molar-refractivity contribution in [3.63, 3.8) is 0 Å². The highest BCUT2D eigenvalue weighted by molar-refractivity contribution is 5.79.